The molecule has 2 aromatic heterocycles. The van der Waals surface area contributed by atoms with Gasteiger partial charge in [-0.3, -0.25) is 9.59 Å². The van der Waals surface area contributed by atoms with Gasteiger partial charge in [0.05, 0.1) is 17.5 Å². The first kappa shape index (κ1) is 19.4. The van der Waals surface area contributed by atoms with Gasteiger partial charge in [-0.25, -0.2) is 4.39 Å². The number of nitrogens with one attached hydrogen (secondary N) is 1. The highest BCUT2D eigenvalue weighted by molar-refractivity contribution is 6.07. The van der Waals surface area contributed by atoms with Crippen LogP contribution < -0.4 is 10.9 Å². The average molecular weight is 396 g/mol. The van der Waals surface area contributed by atoms with Crippen LogP contribution in [-0.4, -0.2) is 16.5 Å². The summed E-state index contributed by atoms with van der Waals surface area (Å²) in [5.74, 6) is -0.213. The Labute approximate surface area is 168 Å². The van der Waals surface area contributed by atoms with Gasteiger partial charge in [0.2, 0.25) is 0 Å². The largest absolute Gasteiger partial charge is 0.460 e. The zero-order valence-corrected chi connectivity index (χ0v) is 16.5. The lowest BCUT2D eigenvalue weighted by molar-refractivity contribution is 0.0933. The molecule has 6 heteroatoms. The van der Waals surface area contributed by atoms with E-state index in [-0.39, 0.29) is 40.8 Å². The summed E-state index contributed by atoms with van der Waals surface area (Å²) in [7, 11) is 0. The van der Waals surface area contributed by atoms with E-state index in [4.69, 9.17) is 4.42 Å². The van der Waals surface area contributed by atoms with E-state index < -0.39 is 0 Å². The first-order valence-corrected chi connectivity index (χ1v) is 10.2. The quantitative estimate of drug-likeness (QED) is 0.659. The van der Waals surface area contributed by atoms with Gasteiger partial charge in [0.1, 0.15) is 17.2 Å². The molecule has 1 amide bonds. The molecule has 1 fully saturated rings. The van der Waals surface area contributed by atoms with Gasteiger partial charge >= 0.3 is 0 Å². The van der Waals surface area contributed by atoms with Crippen LogP contribution in [-0.2, 0) is 6.54 Å². The molecule has 0 spiro atoms. The molecule has 152 valence electrons. The van der Waals surface area contributed by atoms with E-state index in [1.54, 1.807) is 37.4 Å². The summed E-state index contributed by atoms with van der Waals surface area (Å²) in [6.45, 7) is 1.79. The Morgan fingerprint density at radius 1 is 1.17 bits per heavy atom. The topological polar surface area (TPSA) is 64.2 Å². The molecule has 29 heavy (non-hydrogen) atoms. The number of hydrogen-bond donors (Lipinski definition) is 1. The number of halogens is 1. The minimum atomic E-state index is -0.366. The Morgan fingerprint density at radius 2 is 1.90 bits per heavy atom. The third-order valence-corrected chi connectivity index (χ3v) is 5.71. The van der Waals surface area contributed by atoms with E-state index >= 15 is 0 Å². The fourth-order valence-corrected chi connectivity index (χ4v) is 4.15. The molecule has 3 aromatic rings. The van der Waals surface area contributed by atoms with Gasteiger partial charge in [0.15, 0.2) is 0 Å². The molecule has 0 aliphatic heterocycles. The molecular weight excluding hydrogens is 371 g/mol. The molecule has 0 saturated heterocycles. The van der Waals surface area contributed by atoms with Crippen molar-refractivity contribution in [2.75, 3.05) is 0 Å². The summed E-state index contributed by atoms with van der Waals surface area (Å²) in [6.07, 6.45) is 8.09. The lowest BCUT2D eigenvalue weighted by Crippen LogP contribution is -2.35. The number of fused-ring (bicyclic) bond motifs is 1. The van der Waals surface area contributed by atoms with Crippen LogP contribution in [0.25, 0.3) is 11.0 Å². The zero-order chi connectivity index (χ0) is 20.4. The van der Waals surface area contributed by atoms with Crippen molar-refractivity contribution in [1.82, 2.24) is 9.88 Å². The van der Waals surface area contributed by atoms with Crippen LogP contribution in [0.5, 0.6) is 0 Å². The van der Waals surface area contributed by atoms with E-state index in [0.717, 1.165) is 25.7 Å². The van der Waals surface area contributed by atoms with Crippen LogP contribution in [0, 0.1) is 12.7 Å². The van der Waals surface area contributed by atoms with Crippen molar-refractivity contribution in [2.24, 2.45) is 0 Å². The number of furan rings is 1. The number of aromatic nitrogens is 1. The van der Waals surface area contributed by atoms with Gasteiger partial charge in [-0.05, 0) is 31.9 Å². The van der Waals surface area contributed by atoms with Crippen molar-refractivity contribution in [3.8, 4) is 0 Å². The Balaban J connectivity index is 1.69. The first-order chi connectivity index (χ1) is 14.0. The number of benzene rings is 1. The molecule has 1 aromatic carbocycles. The number of carbonyl (C=O) groups is 1. The number of rotatable bonds is 4. The van der Waals surface area contributed by atoms with E-state index in [9.17, 15) is 14.0 Å². The molecule has 0 bridgehead atoms. The van der Waals surface area contributed by atoms with E-state index in [2.05, 4.69) is 5.32 Å². The predicted molar refractivity (Wildman–Crippen MR) is 110 cm³/mol. The molecule has 0 unspecified atom stereocenters. The van der Waals surface area contributed by atoms with Crippen LogP contribution in [0.2, 0.25) is 0 Å². The lowest BCUT2D eigenvalue weighted by atomic mass is 10.1. The van der Waals surface area contributed by atoms with Gasteiger partial charge in [-0.2, -0.15) is 0 Å². The molecular formula is C23H25FN2O3. The number of aryl methyl sites for hydroxylation is 1. The third-order valence-electron chi connectivity index (χ3n) is 5.71. The molecule has 2 heterocycles. The first-order valence-electron chi connectivity index (χ1n) is 10.2. The summed E-state index contributed by atoms with van der Waals surface area (Å²) in [5, 5.41) is 3.35. The van der Waals surface area contributed by atoms with Crippen molar-refractivity contribution in [1.29, 1.82) is 0 Å². The molecule has 1 aliphatic rings. The normalized spacial score (nSPS) is 15.4. The summed E-state index contributed by atoms with van der Waals surface area (Å²) < 4.78 is 21.1. The fourth-order valence-electron chi connectivity index (χ4n) is 4.15. The Morgan fingerprint density at radius 3 is 2.62 bits per heavy atom. The van der Waals surface area contributed by atoms with Crippen LogP contribution in [0.4, 0.5) is 4.39 Å². The molecule has 0 atom stereocenters. The molecule has 1 aliphatic carbocycles. The van der Waals surface area contributed by atoms with Crippen LogP contribution in [0.3, 0.4) is 0 Å². The van der Waals surface area contributed by atoms with E-state index in [1.165, 1.54) is 23.5 Å². The molecule has 0 radical (unpaired) electrons. The van der Waals surface area contributed by atoms with E-state index in [0.29, 0.717) is 16.9 Å². The second kappa shape index (κ2) is 8.23. The second-order valence-corrected chi connectivity index (χ2v) is 7.77. The van der Waals surface area contributed by atoms with Crippen molar-refractivity contribution >= 4 is 16.9 Å². The Kier molecular flexibility index (Phi) is 5.51. The van der Waals surface area contributed by atoms with Crippen LogP contribution in [0.15, 0.2) is 45.7 Å². The number of nitrogens with zero attached hydrogens (tertiary/aromatic N) is 1. The maximum absolute atomic E-state index is 14.0. The van der Waals surface area contributed by atoms with Crippen LogP contribution >= 0.6 is 0 Å². The van der Waals surface area contributed by atoms with Gasteiger partial charge in [0.25, 0.3) is 11.5 Å². The van der Waals surface area contributed by atoms with Crippen molar-refractivity contribution in [2.45, 2.75) is 58.0 Å². The van der Waals surface area contributed by atoms with Crippen LogP contribution in [0.1, 0.15) is 60.2 Å². The minimum absolute atomic E-state index is 0.0926. The minimum Gasteiger partial charge on any atom is -0.460 e. The van der Waals surface area contributed by atoms with Gasteiger partial charge in [-0.1, -0.05) is 43.9 Å². The fraction of sp³-hybridized carbons (Fsp3) is 0.391. The maximum atomic E-state index is 14.0. The smallest absolute Gasteiger partial charge is 0.262 e. The third kappa shape index (κ3) is 3.97. The second-order valence-electron chi connectivity index (χ2n) is 7.77. The van der Waals surface area contributed by atoms with Crippen molar-refractivity contribution in [3.63, 3.8) is 0 Å². The van der Waals surface area contributed by atoms with Gasteiger partial charge in [-0.15, -0.1) is 0 Å². The summed E-state index contributed by atoms with van der Waals surface area (Å²) >= 11 is 0. The highest BCUT2D eigenvalue weighted by Crippen LogP contribution is 2.24. The molecule has 5 nitrogen and oxygen atoms in total. The molecule has 1 N–H and O–H groups in total. The highest BCUT2D eigenvalue weighted by atomic mass is 19.1. The number of hydrogen-bond acceptors (Lipinski definition) is 3. The monoisotopic (exact) mass is 396 g/mol. The SMILES string of the molecule is Cc1oc2ccn(Cc3ccccc3F)c(=O)c2c1C(=O)NC1CCCCCC1. The lowest BCUT2D eigenvalue weighted by Gasteiger charge is -2.16. The summed E-state index contributed by atoms with van der Waals surface area (Å²) in [4.78, 5) is 26.1. The summed E-state index contributed by atoms with van der Waals surface area (Å²) in [6, 6.07) is 8.14. The van der Waals surface area contributed by atoms with E-state index in [1.807, 2.05) is 0 Å². The maximum Gasteiger partial charge on any atom is 0.262 e. The predicted octanol–water partition coefficient (Wildman–Crippen LogP) is 4.54. The zero-order valence-electron chi connectivity index (χ0n) is 16.5. The molecule has 4 rings (SSSR count). The van der Waals surface area contributed by atoms with Crippen molar-refractivity contribution < 1.29 is 13.6 Å². The number of amides is 1. The molecule has 1 saturated carbocycles. The summed E-state index contributed by atoms with van der Waals surface area (Å²) in [5.41, 5.74) is 0.729. The van der Waals surface area contributed by atoms with Gasteiger partial charge in [0, 0.05) is 17.8 Å². The Bertz CT molecular complexity index is 1090. The Hall–Kier alpha value is -2.89. The number of pyridine rings is 1. The van der Waals surface area contributed by atoms with Gasteiger partial charge < -0.3 is 14.3 Å². The number of carbonyl (C=O) groups excluding carboxylic acids is 1. The standard InChI is InChI=1S/C23H25FN2O3/c1-15-20(22(27)25-17-9-4-2-3-5-10-17)21-19(29-15)12-13-26(23(21)28)14-16-8-6-7-11-18(16)24/h6-8,11-13,17H,2-5,9-10,14H2,1H3,(H,25,27). The highest BCUT2D eigenvalue weighted by Gasteiger charge is 2.24. The van der Waals surface area contributed by atoms with Crippen molar-refractivity contribution in [3.05, 3.63) is 69.6 Å². The average Bonchev–Trinajstić information content (AvgIpc) is 2.86.